The molecule has 7 rings (SSSR count). The van der Waals surface area contributed by atoms with Crippen LogP contribution in [0.2, 0.25) is 0 Å². The molecular weight excluding hydrogens is 1820 g/mol. The van der Waals surface area contributed by atoms with Crippen LogP contribution >= 0.6 is 0 Å². The van der Waals surface area contributed by atoms with Crippen LogP contribution in [0.4, 0.5) is 0 Å². The van der Waals surface area contributed by atoms with E-state index in [0.717, 1.165) is 91.9 Å². The Balaban J connectivity index is 1.16. The largest absolute Gasteiger partial charge is 0.477 e. The van der Waals surface area contributed by atoms with Crippen LogP contribution in [-0.4, -0.2) is 428 Å². The molecule has 7 saturated heterocycles. The zero-order chi connectivity index (χ0) is 101. The summed E-state index contributed by atoms with van der Waals surface area (Å²) in [5.41, 5.74) is 0. The molecule has 0 spiro atoms. The molecule has 46 nitrogen and oxygen atoms in total. The Labute approximate surface area is 799 Å². The highest BCUT2D eigenvalue weighted by Crippen LogP contribution is 2.43. The molecule has 46 heteroatoms. The number of aliphatic carboxylic acids is 1. The van der Waals surface area contributed by atoms with E-state index >= 15 is 0 Å². The van der Waals surface area contributed by atoms with Gasteiger partial charge in [-0.1, -0.05) is 193 Å². The van der Waals surface area contributed by atoms with Gasteiger partial charge in [-0.05, 0) is 19.3 Å². The molecule has 0 saturated carbocycles. The van der Waals surface area contributed by atoms with Crippen LogP contribution in [-0.2, 0) is 95.1 Å². The Kier molecular flexibility index (Phi) is 53.5. The van der Waals surface area contributed by atoms with Gasteiger partial charge < -0.3 is 200 Å². The highest BCUT2D eigenvalue weighted by atomic mass is 16.8. The highest BCUT2D eigenvalue weighted by molar-refractivity contribution is 5.77. The van der Waals surface area contributed by atoms with E-state index in [1.54, 1.807) is 6.08 Å². The lowest BCUT2D eigenvalue weighted by Crippen LogP contribution is -2.72. The predicted octanol–water partition coefficient (Wildman–Crippen LogP) is -4.33. The Morgan fingerprint density at radius 3 is 1.13 bits per heavy atom. The molecule has 0 aromatic heterocycles. The zero-order valence-corrected chi connectivity index (χ0v) is 79.7. The average Bonchev–Trinajstić information content (AvgIpc) is 0.745. The number of carboxylic acids is 1. The van der Waals surface area contributed by atoms with Crippen LogP contribution in [0, 0.1) is 0 Å². The number of aliphatic hydroxyl groups is 20. The minimum absolute atomic E-state index is 0.110. The van der Waals surface area contributed by atoms with Crippen LogP contribution < -0.4 is 26.6 Å². The number of rotatable bonds is 62. The van der Waals surface area contributed by atoms with Crippen molar-refractivity contribution in [3.8, 4) is 0 Å². The van der Waals surface area contributed by atoms with Gasteiger partial charge in [-0.15, -0.1) is 0 Å². The summed E-state index contributed by atoms with van der Waals surface area (Å²) in [6.07, 6.45) is -33.8. The molecule has 7 aliphatic heterocycles. The van der Waals surface area contributed by atoms with Crippen molar-refractivity contribution in [2.75, 3.05) is 52.9 Å². The number of aliphatic hydroxyl groups excluding tert-OH is 20. The second-order valence-corrected chi connectivity index (χ2v) is 37.1. The van der Waals surface area contributed by atoms with Crippen LogP contribution in [0.3, 0.4) is 0 Å². The van der Waals surface area contributed by atoms with Crippen molar-refractivity contribution in [1.82, 2.24) is 26.6 Å². The molecule has 7 aliphatic rings. The quantitative estimate of drug-likeness (QED) is 0.0202. The molecule has 796 valence electrons. The smallest absolute Gasteiger partial charge is 0.364 e. The summed E-state index contributed by atoms with van der Waals surface area (Å²) in [5.74, 6) is -9.79. The van der Waals surface area contributed by atoms with E-state index in [1.165, 1.54) is 115 Å². The van der Waals surface area contributed by atoms with Crippen molar-refractivity contribution >= 4 is 35.5 Å². The number of ether oxygens (including phenoxy) is 14. The van der Waals surface area contributed by atoms with Gasteiger partial charge >= 0.3 is 5.97 Å². The van der Waals surface area contributed by atoms with Gasteiger partial charge in [-0.25, -0.2) is 4.79 Å². The van der Waals surface area contributed by atoms with Crippen LogP contribution in [0.25, 0.3) is 0 Å². The van der Waals surface area contributed by atoms with E-state index in [1.807, 2.05) is 0 Å². The molecule has 0 aromatic carbocycles. The molecule has 0 radical (unpaired) electrons. The Bertz CT molecular complexity index is 3470. The van der Waals surface area contributed by atoms with Gasteiger partial charge in [0.2, 0.25) is 29.5 Å². The summed E-state index contributed by atoms with van der Waals surface area (Å²) in [4.78, 5) is 79.3. The summed E-state index contributed by atoms with van der Waals surface area (Å²) in [6, 6.07) is -8.79. The first-order chi connectivity index (χ1) is 65.5. The molecule has 14 unspecified atom stereocenters. The molecule has 7 heterocycles. The molecule has 38 atom stereocenters. The standard InChI is InChI=1S/C91H161N5O41/c1-7-9-11-13-15-17-19-21-22-23-24-26-28-30-32-34-36-38-62(111)96-52(53(108)37-35-33-31-29-27-25-20-18-16-14-12-10-8-2)47-124-87-74(119)73(118)78(59(44-101)128-87)132-88-75(120)82(79(60(45-102)129-88)133-84-64(93-49(4)105)70(115)68(113)56(41-98)125-84)135-86-66(95-51(6)107)72(117)77(58(43-100)127-86)131-89-76(121)83(80(61(46-103)130-89)134-85-65(94-50(5)106)71(116)69(114)57(42-99)126-85)137-91(90(122)123)39-54(109)63(92-48(3)104)81(136-91)67(112)55(110)40-97/h35,37,52-61,63-89,97-103,108-110,112-121H,7-34,36,38-47H2,1-6H3,(H,92,104)(H,93,105)(H,94,106)(H,95,107)(H,96,111)(H,122,123)/b37-35+/t52-,53+,54?,55+,56?,57?,58?,59?,60?,61?,63+,64?,65?,66?,67+,68-,69-,70+,71+,72+,73+,74?,75?,76?,77+,78+,79-,80-,81?,82+,83+,84-,85-,86-,87+,88-,89-,91-/m0/s1. The molecule has 5 amide bonds. The summed E-state index contributed by atoms with van der Waals surface area (Å²) in [6.45, 7) is -0.562. The third kappa shape index (κ3) is 35.3. The fourth-order valence-corrected chi connectivity index (χ4v) is 18.4. The minimum Gasteiger partial charge on any atom is -0.477 e. The number of unbranched alkanes of at least 4 members (excludes halogenated alkanes) is 27. The third-order valence-corrected chi connectivity index (χ3v) is 26.1. The summed E-state index contributed by atoms with van der Waals surface area (Å²) < 4.78 is 86.0. The maximum absolute atomic E-state index is 13.9. The molecule has 0 aromatic rings. The number of amides is 5. The number of carboxylic acid groups (broad SMARTS) is 1. The van der Waals surface area contributed by atoms with Gasteiger partial charge in [0, 0.05) is 40.5 Å². The lowest BCUT2D eigenvalue weighted by atomic mass is 9.88. The lowest BCUT2D eigenvalue weighted by molar-refractivity contribution is -0.404. The van der Waals surface area contributed by atoms with E-state index in [9.17, 15) is 136 Å². The van der Waals surface area contributed by atoms with Crippen molar-refractivity contribution in [3.05, 3.63) is 12.2 Å². The maximum Gasteiger partial charge on any atom is 0.364 e. The second kappa shape index (κ2) is 61.5. The minimum atomic E-state index is -3.46. The number of nitrogens with one attached hydrogen (secondary N) is 5. The Morgan fingerprint density at radius 2 is 0.723 bits per heavy atom. The number of hydrogen-bond donors (Lipinski definition) is 26. The number of allylic oxidation sites excluding steroid dienone is 1. The normalized spacial score (nSPS) is 36.3. The van der Waals surface area contributed by atoms with Crippen molar-refractivity contribution in [2.45, 2.75) is 473 Å². The Morgan fingerprint density at radius 1 is 0.380 bits per heavy atom. The fourth-order valence-electron chi connectivity index (χ4n) is 18.4. The first kappa shape index (κ1) is 119. The van der Waals surface area contributed by atoms with Crippen molar-refractivity contribution in [3.63, 3.8) is 0 Å². The summed E-state index contributed by atoms with van der Waals surface area (Å²) in [5, 5.41) is 252. The van der Waals surface area contributed by atoms with Gasteiger partial charge in [0.1, 0.15) is 165 Å². The molecule has 0 bridgehead atoms. The SMILES string of the molecule is CCCCCCCCCCCCC/C=C/[C@@H](O)[C@H](CO[C@@H]1OC(CO)[C@@H](O[C@@H]2OC(CO)[C@H](O[C@@H]3OC(CO)[C@H](O)[C@H](O)C3NC(C)=O)[C@H](O[C@@H]3OC(CO)[C@@H](O[C@@H]4OC(CO)[C@H](O[C@@H]5OC(CO)[C@H](O)[C@H](O)C5NC(C)=O)[C@H](O[C@]5(C(=O)O)CC(O)[C@@H](NC(C)=O)C([C@H](O)[C@H](O)CO)O5)C4O)[C@H](O)C3NC(C)=O)C2O)[C@H](O)C1O)NC(=O)CCCCCCCCCCCCCCCCCCC. The van der Waals surface area contributed by atoms with Gasteiger partial charge in [-0.3, -0.25) is 24.0 Å². The maximum atomic E-state index is 13.9. The lowest BCUT2D eigenvalue weighted by Gasteiger charge is -2.53. The van der Waals surface area contributed by atoms with E-state index < -0.39 is 327 Å². The van der Waals surface area contributed by atoms with E-state index in [4.69, 9.17) is 66.3 Å². The van der Waals surface area contributed by atoms with Crippen LogP contribution in [0.15, 0.2) is 12.2 Å². The third-order valence-electron chi connectivity index (χ3n) is 26.1. The summed E-state index contributed by atoms with van der Waals surface area (Å²) in [7, 11) is 0. The van der Waals surface area contributed by atoms with Crippen molar-refractivity contribution < 1.29 is 202 Å². The monoisotopic (exact) mass is 1980 g/mol. The van der Waals surface area contributed by atoms with Crippen LogP contribution in [0.1, 0.15) is 241 Å². The second-order valence-electron chi connectivity index (χ2n) is 37.1. The topological polar surface area (TPSA) is 717 Å². The number of carbonyl (C=O) groups is 6. The van der Waals surface area contributed by atoms with E-state index in [-0.39, 0.29) is 6.42 Å². The molecule has 7 fully saturated rings. The number of carbonyl (C=O) groups excluding carboxylic acids is 5. The van der Waals surface area contributed by atoms with Gasteiger partial charge in [0.15, 0.2) is 37.7 Å². The first-order valence-electron chi connectivity index (χ1n) is 49.1. The molecule has 26 N–H and O–H groups in total. The molecular formula is C91H161N5O41. The first-order valence-corrected chi connectivity index (χ1v) is 49.1. The predicted molar refractivity (Wildman–Crippen MR) is 476 cm³/mol. The molecule has 137 heavy (non-hydrogen) atoms. The summed E-state index contributed by atoms with van der Waals surface area (Å²) >= 11 is 0. The molecule has 0 aliphatic carbocycles. The Hall–Kier alpha value is -4.80. The van der Waals surface area contributed by atoms with E-state index in [0.29, 0.717) is 12.8 Å². The van der Waals surface area contributed by atoms with Gasteiger partial charge in [0.05, 0.1) is 77.1 Å². The fraction of sp³-hybridized carbons (Fsp3) is 0.912. The number of hydrogen-bond acceptors (Lipinski definition) is 40. The van der Waals surface area contributed by atoms with Gasteiger partial charge in [0.25, 0.3) is 5.79 Å². The van der Waals surface area contributed by atoms with Crippen LogP contribution in [0.5, 0.6) is 0 Å². The van der Waals surface area contributed by atoms with E-state index in [2.05, 4.69) is 40.4 Å². The average molecular weight is 1980 g/mol. The van der Waals surface area contributed by atoms with Crippen molar-refractivity contribution in [2.24, 2.45) is 0 Å². The van der Waals surface area contributed by atoms with Crippen molar-refractivity contribution in [1.29, 1.82) is 0 Å². The highest BCUT2D eigenvalue weighted by Gasteiger charge is 2.64. The zero-order valence-electron chi connectivity index (χ0n) is 79.7. The van der Waals surface area contributed by atoms with Gasteiger partial charge in [-0.2, -0.15) is 0 Å².